The summed E-state index contributed by atoms with van der Waals surface area (Å²) in [7, 11) is 0. The van der Waals surface area contributed by atoms with Gasteiger partial charge in [0.1, 0.15) is 0 Å². The maximum Gasteiger partial charge on any atom is 0.0331 e. The topological polar surface area (TPSA) is 12.0 Å². The summed E-state index contributed by atoms with van der Waals surface area (Å²) in [5, 5.41) is 3.66. The number of fused-ring (bicyclic) bond motifs is 1. The Morgan fingerprint density at radius 3 is 2.73 bits per heavy atom. The lowest BCUT2D eigenvalue weighted by Gasteiger charge is -2.17. The molecule has 0 saturated carbocycles. The molecule has 0 aromatic heterocycles. The van der Waals surface area contributed by atoms with E-state index in [1.807, 2.05) is 0 Å². The summed E-state index contributed by atoms with van der Waals surface area (Å²) in [6, 6.07) is 7.82. The van der Waals surface area contributed by atoms with Gasteiger partial charge in [0, 0.05) is 12.1 Å². The van der Waals surface area contributed by atoms with Gasteiger partial charge in [-0.2, -0.15) is 0 Å². The molecule has 0 fully saturated rings. The van der Waals surface area contributed by atoms with E-state index in [9.17, 15) is 0 Å². The van der Waals surface area contributed by atoms with Crippen LogP contribution in [-0.2, 0) is 0 Å². The molecular formula is C14H21N. The Labute approximate surface area is 92.9 Å². The number of nitrogens with one attached hydrogen (secondary N) is 1. The van der Waals surface area contributed by atoms with Gasteiger partial charge in [0.25, 0.3) is 0 Å². The van der Waals surface area contributed by atoms with Gasteiger partial charge in [-0.15, -0.1) is 0 Å². The van der Waals surface area contributed by atoms with E-state index in [1.165, 1.54) is 17.5 Å². The average molecular weight is 203 g/mol. The summed E-state index contributed by atoms with van der Waals surface area (Å²) in [5.41, 5.74) is 4.56. The van der Waals surface area contributed by atoms with Crippen LogP contribution in [0.15, 0.2) is 18.2 Å². The Morgan fingerprint density at radius 2 is 2.07 bits per heavy atom. The van der Waals surface area contributed by atoms with Crippen molar-refractivity contribution in [3.63, 3.8) is 0 Å². The summed E-state index contributed by atoms with van der Waals surface area (Å²) in [6.45, 7) is 9.01. The predicted molar refractivity (Wildman–Crippen MR) is 65.2 cm³/mol. The Hall–Kier alpha value is -0.820. The quantitative estimate of drug-likeness (QED) is 0.775. The average Bonchev–Trinajstić information content (AvgIpc) is 2.44. The van der Waals surface area contributed by atoms with E-state index in [0.29, 0.717) is 18.0 Å². The Balaban J connectivity index is 2.34. The Morgan fingerprint density at radius 1 is 1.33 bits per heavy atom. The lowest BCUT2D eigenvalue weighted by Crippen LogP contribution is -2.26. The van der Waals surface area contributed by atoms with Crippen LogP contribution < -0.4 is 5.32 Å². The SMILES string of the molecule is Cc1cccc2c1C(C)CC2NC(C)C. The van der Waals surface area contributed by atoms with Crippen LogP contribution in [0, 0.1) is 6.92 Å². The minimum atomic E-state index is 0.564. The lowest BCUT2D eigenvalue weighted by molar-refractivity contribution is 0.459. The first kappa shape index (κ1) is 10.7. The molecule has 0 amide bonds. The number of hydrogen-bond donors (Lipinski definition) is 1. The summed E-state index contributed by atoms with van der Waals surface area (Å²) >= 11 is 0. The zero-order valence-electron chi connectivity index (χ0n) is 10.2. The molecule has 2 rings (SSSR count). The fourth-order valence-electron chi connectivity index (χ4n) is 2.84. The minimum absolute atomic E-state index is 0.564. The molecule has 0 bridgehead atoms. The highest BCUT2D eigenvalue weighted by molar-refractivity contribution is 5.43. The summed E-state index contributed by atoms with van der Waals surface area (Å²) in [6.07, 6.45) is 1.25. The van der Waals surface area contributed by atoms with E-state index in [1.54, 1.807) is 5.56 Å². The highest BCUT2D eigenvalue weighted by Gasteiger charge is 2.29. The highest BCUT2D eigenvalue weighted by atomic mass is 14.9. The van der Waals surface area contributed by atoms with Crippen LogP contribution in [0.4, 0.5) is 0 Å². The molecule has 1 aliphatic rings. The second kappa shape index (κ2) is 3.97. The second-order valence-corrected chi connectivity index (χ2v) is 5.09. The molecular weight excluding hydrogens is 182 g/mol. The van der Waals surface area contributed by atoms with Crippen molar-refractivity contribution in [2.45, 2.75) is 52.1 Å². The van der Waals surface area contributed by atoms with Gasteiger partial charge in [-0.1, -0.05) is 39.0 Å². The molecule has 0 saturated heterocycles. The molecule has 1 heteroatoms. The van der Waals surface area contributed by atoms with Crippen LogP contribution in [0.1, 0.15) is 55.8 Å². The third kappa shape index (κ3) is 1.93. The predicted octanol–water partition coefficient (Wildman–Crippen LogP) is 3.54. The zero-order valence-corrected chi connectivity index (χ0v) is 10.2. The van der Waals surface area contributed by atoms with Crippen molar-refractivity contribution in [3.8, 4) is 0 Å². The van der Waals surface area contributed by atoms with Crippen LogP contribution in [0.25, 0.3) is 0 Å². The third-order valence-electron chi connectivity index (χ3n) is 3.35. The molecule has 0 aliphatic heterocycles. The first-order valence-electron chi connectivity index (χ1n) is 5.95. The largest absolute Gasteiger partial charge is 0.308 e. The number of hydrogen-bond acceptors (Lipinski definition) is 1. The van der Waals surface area contributed by atoms with E-state index in [4.69, 9.17) is 0 Å². The molecule has 1 aromatic carbocycles. The zero-order chi connectivity index (χ0) is 11.0. The molecule has 1 nitrogen and oxygen atoms in total. The second-order valence-electron chi connectivity index (χ2n) is 5.09. The first-order chi connectivity index (χ1) is 7.09. The van der Waals surface area contributed by atoms with Gasteiger partial charge in [-0.05, 0) is 36.0 Å². The molecule has 1 aliphatic carbocycles. The van der Waals surface area contributed by atoms with Crippen LogP contribution in [0.5, 0.6) is 0 Å². The molecule has 2 unspecified atom stereocenters. The maximum atomic E-state index is 3.66. The first-order valence-corrected chi connectivity index (χ1v) is 5.95. The van der Waals surface area contributed by atoms with E-state index in [0.717, 1.165) is 0 Å². The van der Waals surface area contributed by atoms with Gasteiger partial charge in [0.2, 0.25) is 0 Å². The van der Waals surface area contributed by atoms with E-state index >= 15 is 0 Å². The smallest absolute Gasteiger partial charge is 0.0331 e. The molecule has 2 atom stereocenters. The summed E-state index contributed by atoms with van der Waals surface area (Å²) in [4.78, 5) is 0. The van der Waals surface area contributed by atoms with Gasteiger partial charge < -0.3 is 5.32 Å². The third-order valence-corrected chi connectivity index (χ3v) is 3.35. The maximum absolute atomic E-state index is 3.66. The van der Waals surface area contributed by atoms with Crippen LogP contribution in [-0.4, -0.2) is 6.04 Å². The van der Waals surface area contributed by atoms with Crippen LogP contribution >= 0.6 is 0 Å². The van der Waals surface area contributed by atoms with Gasteiger partial charge in [-0.3, -0.25) is 0 Å². The number of aryl methyl sites for hydroxylation is 1. The van der Waals surface area contributed by atoms with E-state index in [2.05, 4.69) is 51.2 Å². The van der Waals surface area contributed by atoms with Crippen molar-refractivity contribution < 1.29 is 0 Å². The molecule has 0 radical (unpaired) electrons. The van der Waals surface area contributed by atoms with Crippen molar-refractivity contribution in [2.75, 3.05) is 0 Å². The van der Waals surface area contributed by atoms with Crippen LogP contribution in [0.2, 0.25) is 0 Å². The van der Waals surface area contributed by atoms with Crippen molar-refractivity contribution in [2.24, 2.45) is 0 Å². The van der Waals surface area contributed by atoms with E-state index < -0.39 is 0 Å². The van der Waals surface area contributed by atoms with Gasteiger partial charge in [0.15, 0.2) is 0 Å². The van der Waals surface area contributed by atoms with Crippen molar-refractivity contribution >= 4 is 0 Å². The Kier molecular flexibility index (Phi) is 2.83. The monoisotopic (exact) mass is 203 g/mol. The van der Waals surface area contributed by atoms with Crippen molar-refractivity contribution in [1.29, 1.82) is 0 Å². The lowest BCUT2D eigenvalue weighted by atomic mass is 9.98. The van der Waals surface area contributed by atoms with Gasteiger partial charge in [-0.25, -0.2) is 0 Å². The summed E-state index contributed by atoms with van der Waals surface area (Å²) in [5.74, 6) is 0.706. The van der Waals surface area contributed by atoms with Crippen molar-refractivity contribution in [1.82, 2.24) is 5.32 Å². The standard InChI is InChI=1S/C14H21N/c1-9(2)15-13-8-11(4)14-10(3)6-5-7-12(13)14/h5-7,9,11,13,15H,8H2,1-4H3. The summed E-state index contributed by atoms with van der Waals surface area (Å²) < 4.78 is 0. The number of rotatable bonds is 2. The minimum Gasteiger partial charge on any atom is -0.308 e. The normalized spacial score (nSPS) is 24.6. The molecule has 0 spiro atoms. The number of benzene rings is 1. The molecule has 82 valence electrons. The van der Waals surface area contributed by atoms with Gasteiger partial charge >= 0.3 is 0 Å². The fraction of sp³-hybridized carbons (Fsp3) is 0.571. The van der Waals surface area contributed by atoms with Crippen molar-refractivity contribution in [3.05, 3.63) is 34.9 Å². The fourth-order valence-corrected chi connectivity index (χ4v) is 2.84. The Bertz CT molecular complexity index is 354. The molecule has 1 aromatic rings. The highest BCUT2D eigenvalue weighted by Crippen LogP contribution is 2.41. The van der Waals surface area contributed by atoms with E-state index in [-0.39, 0.29) is 0 Å². The molecule has 0 heterocycles. The molecule has 15 heavy (non-hydrogen) atoms. The van der Waals surface area contributed by atoms with Crippen LogP contribution in [0.3, 0.4) is 0 Å². The molecule has 1 N–H and O–H groups in total. The van der Waals surface area contributed by atoms with Gasteiger partial charge in [0.05, 0.1) is 0 Å².